The highest BCUT2D eigenvalue weighted by Crippen LogP contribution is 2.32. The molecule has 3 N–H and O–H groups in total. The van der Waals surface area contributed by atoms with Crippen molar-refractivity contribution in [3.63, 3.8) is 0 Å². The van der Waals surface area contributed by atoms with Gasteiger partial charge in [0.05, 0.1) is 11.1 Å². The molecule has 0 aromatic heterocycles. The van der Waals surface area contributed by atoms with E-state index in [4.69, 9.17) is 14.9 Å². The molecule has 0 saturated carbocycles. The Morgan fingerprint density at radius 1 is 1.25 bits per heavy atom. The van der Waals surface area contributed by atoms with Crippen LogP contribution in [0.2, 0.25) is 0 Å². The van der Waals surface area contributed by atoms with E-state index in [1.165, 1.54) is 6.07 Å². The van der Waals surface area contributed by atoms with Gasteiger partial charge in [-0.05, 0) is 12.1 Å². The molecule has 84 valence electrons. The molecule has 16 heavy (non-hydrogen) atoms. The maximum atomic E-state index is 10.9. The lowest BCUT2D eigenvalue weighted by Gasteiger charge is -2.04. The van der Waals surface area contributed by atoms with Crippen molar-refractivity contribution in [3.8, 4) is 5.75 Å². The zero-order chi connectivity index (χ0) is 11.9. The Bertz CT molecular complexity index is 478. The zero-order valence-corrected chi connectivity index (χ0v) is 8.01. The first-order valence-electron chi connectivity index (χ1n) is 4.47. The van der Waals surface area contributed by atoms with Crippen LogP contribution in [0.1, 0.15) is 26.3 Å². The number of carbonyl (C=O) groups is 2. The lowest BCUT2D eigenvalue weighted by atomic mass is 10.0. The molecule has 1 aliphatic heterocycles. The second-order valence-corrected chi connectivity index (χ2v) is 3.39. The first kappa shape index (κ1) is 10.4. The molecular formula is C10H8O6. The van der Waals surface area contributed by atoms with Gasteiger partial charge < -0.3 is 20.1 Å². The van der Waals surface area contributed by atoms with Crippen molar-refractivity contribution < 1.29 is 29.6 Å². The molecule has 6 nitrogen and oxygen atoms in total. The number of aliphatic hydroxyl groups is 1. The largest absolute Gasteiger partial charge is 0.478 e. The van der Waals surface area contributed by atoms with Crippen LogP contribution in [0, 0.1) is 0 Å². The van der Waals surface area contributed by atoms with E-state index in [0.717, 1.165) is 6.07 Å². The zero-order valence-electron chi connectivity index (χ0n) is 8.01. The predicted octanol–water partition coefficient (Wildman–Crippen LogP) is 0.336. The molecule has 1 atom stereocenters. The summed E-state index contributed by atoms with van der Waals surface area (Å²) in [5.74, 6) is -2.36. The fourth-order valence-corrected chi connectivity index (χ4v) is 1.64. The molecule has 0 bridgehead atoms. The van der Waals surface area contributed by atoms with Crippen molar-refractivity contribution in [3.05, 3.63) is 28.8 Å². The van der Waals surface area contributed by atoms with Crippen molar-refractivity contribution in [1.29, 1.82) is 0 Å². The Balaban J connectivity index is 2.60. The van der Waals surface area contributed by atoms with E-state index in [0.29, 0.717) is 5.56 Å². The van der Waals surface area contributed by atoms with E-state index >= 15 is 0 Å². The van der Waals surface area contributed by atoms with E-state index in [1.54, 1.807) is 0 Å². The van der Waals surface area contributed by atoms with Gasteiger partial charge in [0.1, 0.15) is 5.75 Å². The molecular weight excluding hydrogens is 216 g/mol. The van der Waals surface area contributed by atoms with Crippen LogP contribution in [0.15, 0.2) is 12.1 Å². The Hall–Kier alpha value is -2.08. The molecule has 1 aromatic rings. The number of aromatic carboxylic acids is 2. The van der Waals surface area contributed by atoms with Crippen LogP contribution in [0.4, 0.5) is 0 Å². The van der Waals surface area contributed by atoms with Crippen molar-refractivity contribution in [2.45, 2.75) is 12.7 Å². The van der Waals surface area contributed by atoms with Crippen LogP contribution < -0.4 is 4.74 Å². The van der Waals surface area contributed by atoms with Crippen LogP contribution in [0.25, 0.3) is 0 Å². The van der Waals surface area contributed by atoms with Gasteiger partial charge in [-0.25, -0.2) is 9.59 Å². The average molecular weight is 224 g/mol. The minimum absolute atomic E-state index is 0.0524. The molecule has 6 heteroatoms. The summed E-state index contributed by atoms with van der Waals surface area (Å²) >= 11 is 0. The van der Waals surface area contributed by atoms with E-state index in [1.807, 2.05) is 0 Å². The van der Waals surface area contributed by atoms with Gasteiger partial charge in [0.15, 0.2) is 0 Å². The number of rotatable bonds is 2. The standard InChI is InChI=1S/C10H8O6/c11-8-3-5-6(10(14)15)1-4(9(12)13)2-7(5)16-8/h1-2,8,11H,3H2,(H,12,13)(H,14,15). The first-order chi connectivity index (χ1) is 7.49. The fourth-order valence-electron chi connectivity index (χ4n) is 1.64. The summed E-state index contributed by atoms with van der Waals surface area (Å²) in [5.41, 5.74) is 0.00157. The number of carboxylic acids is 2. The normalized spacial score (nSPS) is 17.7. The van der Waals surface area contributed by atoms with Crippen molar-refractivity contribution >= 4 is 11.9 Å². The van der Waals surface area contributed by atoms with Gasteiger partial charge >= 0.3 is 11.9 Å². The highest BCUT2D eigenvalue weighted by Gasteiger charge is 2.28. The smallest absolute Gasteiger partial charge is 0.336 e. The number of carboxylic acid groups (broad SMARTS) is 2. The first-order valence-corrected chi connectivity index (χ1v) is 4.47. The van der Waals surface area contributed by atoms with Crippen LogP contribution in [0.5, 0.6) is 5.75 Å². The molecule has 0 amide bonds. The number of fused-ring (bicyclic) bond motifs is 1. The van der Waals surface area contributed by atoms with E-state index < -0.39 is 18.2 Å². The molecule has 1 aliphatic rings. The minimum Gasteiger partial charge on any atom is -0.478 e. The van der Waals surface area contributed by atoms with Crippen molar-refractivity contribution in [2.75, 3.05) is 0 Å². The second kappa shape index (κ2) is 3.49. The van der Waals surface area contributed by atoms with Gasteiger partial charge in [0.25, 0.3) is 0 Å². The summed E-state index contributed by atoms with van der Waals surface area (Å²) in [6, 6.07) is 2.27. The summed E-state index contributed by atoms with van der Waals surface area (Å²) in [7, 11) is 0. The third-order valence-electron chi connectivity index (χ3n) is 2.33. The Morgan fingerprint density at radius 2 is 1.94 bits per heavy atom. The highest BCUT2D eigenvalue weighted by atomic mass is 16.6. The number of hydrogen-bond donors (Lipinski definition) is 3. The lowest BCUT2D eigenvalue weighted by molar-refractivity contribution is 0.00204. The Labute approximate surface area is 89.7 Å². The van der Waals surface area contributed by atoms with Gasteiger partial charge in [0, 0.05) is 12.0 Å². The third-order valence-corrected chi connectivity index (χ3v) is 2.33. The molecule has 1 heterocycles. The Morgan fingerprint density at radius 3 is 2.50 bits per heavy atom. The molecule has 1 aromatic carbocycles. The Kier molecular flexibility index (Phi) is 2.28. The topological polar surface area (TPSA) is 104 Å². The monoisotopic (exact) mass is 224 g/mol. The summed E-state index contributed by atoms with van der Waals surface area (Å²) < 4.78 is 4.92. The number of benzene rings is 1. The van der Waals surface area contributed by atoms with Gasteiger partial charge in [-0.2, -0.15) is 0 Å². The lowest BCUT2D eigenvalue weighted by Crippen LogP contribution is -2.10. The van der Waals surface area contributed by atoms with Gasteiger partial charge in [-0.3, -0.25) is 0 Å². The van der Waals surface area contributed by atoms with E-state index in [9.17, 15) is 14.7 Å². The summed E-state index contributed by atoms with van der Waals surface area (Å²) in [4.78, 5) is 21.7. The SMILES string of the molecule is O=C(O)c1cc2c(c(C(=O)O)c1)CC(O)O2. The van der Waals surface area contributed by atoms with Crippen LogP contribution in [-0.4, -0.2) is 33.5 Å². The molecule has 1 unspecified atom stereocenters. The average Bonchev–Trinajstić information content (AvgIpc) is 2.55. The van der Waals surface area contributed by atoms with E-state index in [-0.39, 0.29) is 23.3 Å². The van der Waals surface area contributed by atoms with Crippen molar-refractivity contribution in [1.82, 2.24) is 0 Å². The second-order valence-electron chi connectivity index (χ2n) is 3.39. The predicted molar refractivity (Wildman–Crippen MR) is 50.7 cm³/mol. The molecule has 0 fully saturated rings. The van der Waals surface area contributed by atoms with Crippen molar-refractivity contribution in [2.24, 2.45) is 0 Å². The molecule has 0 saturated heterocycles. The summed E-state index contributed by atoms with van der Waals surface area (Å²) in [5, 5.41) is 26.9. The fraction of sp³-hybridized carbons (Fsp3) is 0.200. The van der Waals surface area contributed by atoms with Gasteiger partial charge in [-0.15, -0.1) is 0 Å². The van der Waals surface area contributed by atoms with Crippen LogP contribution in [-0.2, 0) is 6.42 Å². The number of hydrogen-bond acceptors (Lipinski definition) is 4. The van der Waals surface area contributed by atoms with Gasteiger partial charge in [0.2, 0.25) is 6.29 Å². The molecule has 0 spiro atoms. The maximum absolute atomic E-state index is 10.9. The van der Waals surface area contributed by atoms with Crippen LogP contribution in [0.3, 0.4) is 0 Å². The van der Waals surface area contributed by atoms with Gasteiger partial charge in [-0.1, -0.05) is 0 Å². The molecule has 0 radical (unpaired) electrons. The minimum atomic E-state index is -1.24. The van der Waals surface area contributed by atoms with Crippen LogP contribution >= 0.6 is 0 Å². The molecule has 0 aliphatic carbocycles. The quantitative estimate of drug-likeness (QED) is 0.669. The van der Waals surface area contributed by atoms with E-state index in [2.05, 4.69) is 0 Å². The summed E-state index contributed by atoms with van der Waals surface area (Å²) in [6.07, 6.45) is -1.06. The maximum Gasteiger partial charge on any atom is 0.336 e. The highest BCUT2D eigenvalue weighted by molar-refractivity contribution is 5.96. The number of aliphatic hydroxyl groups excluding tert-OH is 1. The molecule has 2 rings (SSSR count). The summed E-state index contributed by atoms with van der Waals surface area (Å²) in [6.45, 7) is 0. The number of ether oxygens (including phenoxy) is 1. The third kappa shape index (κ3) is 1.59.